The van der Waals surface area contributed by atoms with Crippen LogP contribution in [0, 0.1) is 73.9 Å². The van der Waals surface area contributed by atoms with E-state index in [9.17, 15) is 14.7 Å². The van der Waals surface area contributed by atoms with Crippen LogP contribution in [0.1, 0.15) is 139 Å². The lowest BCUT2D eigenvalue weighted by atomic mass is 9.32. The van der Waals surface area contributed by atoms with Crippen molar-refractivity contribution in [2.75, 3.05) is 6.54 Å². The molecule has 8 nitrogen and oxygen atoms in total. The highest BCUT2D eigenvalue weighted by atomic mass is 16.5. The van der Waals surface area contributed by atoms with Crippen LogP contribution in [-0.4, -0.2) is 56.3 Å². The molecule has 6 aliphatic carbocycles. The van der Waals surface area contributed by atoms with Gasteiger partial charge in [-0.25, -0.2) is 0 Å². The predicted molar refractivity (Wildman–Crippen MR) is 209 cm³/mol. The molecule has 0 aromatic carbocycles. The minimum atomic E-state index is -0.813. The number of nitrogens with zero attached hydrogens (tertiary/aromatic N) is 3. The summed E-state index contributed by atoms with van der Waals surface area (Å²) >= 11 is 0. The topological polar surface area (TPSA) is 102 Å². The minimum Gasteiger partial charge on any atom is -0.481 e. The lowest BCUT2D eigenvalue weighted by Gasteiger charge is -2.73. The molecule has 6 saturated carbocycles. The van der Waals surface area contributed by atoms with Crippen molar-refractivity contribution in [1.29, 1.82) is 0 Å². The zero-order valence-corrected chi connectivity index (χ0v) is 34.7. The largest absolute Gasteiger partial charge is 0.481 e. The van der Waals surface area contributed by atoms with E-state index < -0.39 is 17.3 Å². The third-order valence-corrected chi connectivity index (χ3v) is 19.1. The summed E-state index contributed by atoms with van der Waals surface area (Å²) in [6.07, 6.45) is 17.0. The van der Waals surface area contributed by atoms with Crippen molar-refractivity contribution in [3.05, 3.63) is 30.6 Å². The van der Waals surface area contributed by atoms with Crippen molar-refractivity contribution in [3.63, 3.8) is 0 Å². The van der Waals surface area contributed by atoms with Crippen molar-refractivity contribution in [2.45, 2.75) is 158 Å². The average Bonchev–Trinajstić information content (AvgIpc) is 3.87. The molecule has 1 aromatic rings. The Bertz CT molecular complexity index is 1680. The molecule has 1 N–H and O–H groups in total. The molecule has 0 bridgehead atoms. The Morgan fingerprint density at radius 2 is 1.61 bits per heavy atom. The van der Waals surface area contributed by atoms with Gasteiger partial charge in [0, 0.05) is 24.4 Å². The van der Waals surface area contributed by atoms with Gasteiger partial charge in [0.1, 0.15) is 6.10 Å². The number of carboxylic acids is 1. The monoisotopic (exact) mass is 744 g/mol. The van der Waals surface area contributed by atoms with Crippen LogP contribution in [0.25, 0.3) is 0 Å². The molecule has 54 heavy (non-hydrogen) atoms. The summed E-state index contributed by atoms with van der Waals surface area (Å²) in [5, 5.41) is 14.2. The molecule has 1 amide bonds. The van der Waals surface area contributed by atoms with Gasteiger partial charge in [-0.15, -0.1) is 0 Å². The molecule has 0 radical (unpaired) electrons. The van der Waals surface area contributed by atoms with E-state index in [4.69, 9.17) is 4.74 Å². The van der Waals surface area contributed by atoms with E-state index in [2.05, 4.69) is 58.1 Å². The first-order valence-electron chi connectivity index (χ1n) is 21.7. The van der Waals surface area contributed by atoms with Gasteiger partial charge in [-0.2, -0.15) is 5.10 Å². The zero-order valence-electron chi connectivity index (χ0n) is 34.7. The number of likely N-dealkylation sites (tertiary alicyclic amines) is 1. The zero-order chi connectivity index (χ0) is 38.8. The van der Waals surface area contributed by atoms with Gasteiger partial charge in [-0.3, -0.25) is 19.1 Å². The number of allylic oxidation sites excluding steroid dienone is 1. The molecule has 0 unspecified atom stereocenters. The predicted octanol–water partition coefficient (Wildman–Crippen LogP) is 9.19. The van der Waals surface area contributed by atoms with E-state index >= 15 is 4.79 Å². The smallest absolute Gasteiger partial charge is 0.309 e. The van der Waals surface area contributed by atoms with E-state index in [1.165, 1.54) is 24.8 Å². The molecule has 13 atom stereocenters. The van der Waals surface area contributed by atoms with Gasteiger partial charge in [0.2, 0.25) is 5.91 Å². The van der Waals surface area contributed by atoms with Crippen LogP contribution in [0.15, 0.2) is 30.6 Å². The Hall–Kier alpha value is -2.64. The number of aliphatic carboxylic acids is 1. The molecule has 8 rings (SSSR count). The minimum absolute atomic E-state index is 0.139. The Morgan fingerprint density at radius 1 is 0.852 bits per heavy atom. The second-order valence-electron chi connectivity index (χ2n) is 21.7. The summed E-state index contributed by atoms with van der Waals surface area (Å²) in [5.41, 5.74) is 0.660. The summed E-state index contributed by atoms with van der Waals surface area (Å²) in [5.74, 6) is 0.839. The van der Waals surface area contributed by atoms with Crippen molar-refractivity contribution in [2.24, 2.45) is 73.9 Å². The first-order valence-corrected chi connectivity index (χ1v) is 21.7. The van der Waals surface area contributed by atoms with Crippen LogP contribution in [0.3, 0.4) is 0 Å². The van der Waals surface area contributed by atoms with Crippen LogP contribution in [0.5, 0.6) is 0 Å². The van der Waals surface area contributed by atoms with Gasteiger partial charge < -0.3 is 14.7 Å². The van der Waals surface area contributed by atoms with Crippen molar-refractivity contribution < 1.29 is 24.2 Å². The number of carboxylic acid groups (broad SMARTS) is 1. The standard InChI is InChI=1S/C46H69N3O5/c1-28(2)30-15-20-46(40(53)49-25-10-12-29(49)27-48-24-11-23-47-48)22-21-44(8)31(37(30)46)13-14-35-43(7)18-17-36(42(5,6)34(43)16-19-45(35,44)9)54-39(52)33-26-32(38(50)51)41(33,3)4/h11,23-24,29-37H,1,10,12-22,25-27H2,2-9H3,(H,50,51)/t29-,30-,31+,32-,33+,34-,35+,36-,37+,43-,44+,45+,46-/m0/s1. The number of hydrogen-bond acceptors (Lipinski definition) is 5. The van der Waals surface area contributed by atoms with Gasteiger partial charge in [0.25, 0.3) is 0 Å². The molecular formula is C46H69N3O5. The second kappa shape index (κ2) is 12.7. The van der Waals surface area contributed by atoms with E-state index in [1.807, 2.05) is 37.0 Å². The Morgan fingerprint density at radius 3 is 2.28 bits per heavy atom. The molecule has 2 heterocycles. The van der Waals surface area contributed by atoms with Crippen molar-refractivity contribution >= 4 is 17.8 Å². The van der Waals surface area contributed by atoms with Crippen LogP contribution in [0.2, 0.25) is 0 Å². The fourth-order valence-electron chi connectivity index (χ4n) is 15.9. The van der Waals surface area contributed by atoms with Gasteiger partial charge in [0.05, 0.1) is 29.8 Å². The van der Waals surface area contributed by atoms with Crippen molar-refractivity contribution in [3.8, 4) is 0 Å². The Balaban J connectivity index is 1.04. The number of esters is 1. The van der Waals surface area contributed by atoms with E-state index in [0.717, 1.165) is 70.9 Å². The maximum absolute atomic E-state index is 15.2. The van der Waals surface area contributed by atoms with Crippen LogP contribution < -0.4 is 0 Å². The molecule has 7 aliphatic rings. The second-order valence-corrected chi connectivity index (χ2v) is 21.7. The maximum Gasteiger partial charge on any atom is 0.309 e. The molecule has 1 aliphatic heterocycles. The Kier molecular flexibility index (Phi) is 8.98. The molecule has 0 spiro atoms. The fraction of sp³-hybridized carbons (Fsp3) is 0.826. The van der Waals surface area contributed by atoms with E-state index in [-0.39, 0.29) is 51.1 Å². The number of fused-ring (bicyclic) bond motifs is 7. The first kappa shape index (κ1) is 38.2. The van der Waals surface area contributed by atoms with Crippen LogP contribution >= 0.6 is 0 Å². The first-order chi connectivity index (χ1) is 25.3. The third kappa shape index (κ3) is 5.17. The number of amides is 1. The molecule has 1 aromatic heterocycles. The molecular weight excluding hydrogens is 675 g/mol. The normalized spacial score (nSPS) is 45.9. The number of ether oxygens (including phenoxy) is 1. The fourth-order valence-corrected chi connectivity index (χ4v) is 15.9. The number of aromatic nitrogens is 2. The molecule has 8 heteroatoms. The summed E-state index contributed by atoms with van der Waals surface area (Å²) in [6.45, 7) is 24.9. The highest BCUT2D eigenvalue weighted by Gasteiger charge is 2.72. The van der Waals surface area contributed by atoms with E-state index in [1.54, 1.807) is 0 Å². The summed E-state index contributed by atoms with van der Waals surface area (Å²) in [7, 11) is 0. The highest BCUT2D eigenvalue weighted by molar-refractivity contribution is 5.84. The van der Waals surface area contributed by atoms with Gasteiger partial charge in [0.15, 0.2) is 0 Å². The number of hydrogen-bond donors (Lipinski definition) is 1. The number of carbonyl (C=O) groups is 3. The number of rotatable bonds is 7. The van der Waals surface area contributed by atoms with Crippen molar-refractivity contribution in [1.82, 2.24) is 14.7 Å². The lowest BCUT2D eigenvalue weighted by Crippen LogP contribution is -2.67. The summed E-state index contributed by atoms with van der Waals surface area (Å²) in [4.78, 5) is 42.9. The van der Waals surface area contributed by atoms with Gasteiger partial charge in [-0.05, 0) is 148 Å². The van der Waals surface area contributed by atoms with Gasteiger partial charge >= 0.3 is 11.9 Å². The van der Waals surface area contributed by atoms with E-state index in [0.29, 0.717) is 41.9 Å². The summed E-state index contributed by atoms with van der Waals surface area (Å²) < 4.78 is 8.46. The number of carbonyl (C=O) groups excluding carboxylic acids is 2. The maximum atomic E-state index is 15.2. The molecule has 1 saturated heterocycles. The SMILES string of the molecule is C=C(C)[C@@H]1CC[C@]2(C(=O)N3CCC[C@H]3Cn3cccn3)CC[C@]3(C)[C@H](CC[C@@H]4[C@@]5(C)CC[C@H](OC(=O)[C@H]6C[C@@H](C(=O)O)C6(C)C)C(C)(C)[C@@H]5CC[C@]43C)[C@@H]12. The van der Waals surface area contributed by atoms with Crippen LogP contribution in [-0.2, 0) is 25.7 Å². The summed E-state index contributed by atoms with van der Waals surface area (Å²) in [6, 6.07) is 2.20. The third-order valence-electron chi connectivity index (χ3n) is 19.1. The average molecular weight is 744 g/mol. The van der Waals surface area contributed by atoms with Crippen LogP contribution in [0.4, 0.5) is 0 Å². The lowest BCUT2D eigenvalue weighted by molar-refractivity contribution is -0.251. The van der Waals surface area contributed by atoms with Gasteiger partial charge in [-0.1, -0.05) is 60.6 Å². The highest BCUT2D eigenvalue weighted by Crippen LogP contribution is 2.78. The molecule has 7 fully saturated rings. The molecule has 298 valence electrons. The Labute approximate surface area is 324 Å². The quantitative estimate of drug-likeness (QED) is 0.221.